The molecule has 0 radical (unpaired) electrons. The molecule has 3 N–H and O–H groups in total. The number of nitrogens with one attached hydrogen (secondary N) is 1. The summed E-state index contributed by atoms with van der Waals surface area (Å²) in [6, 6.07) is 6.56. The van der Waals surface area contributed by atoms with Crippen LogP contribution in [0.1, 0.15) is 11.8 Å². The Labute approximate surface area is 119 Å². The van der Waals surface area contributed by atoms with E-state index >= 15 is 0 Å². The molecule has 0 aliphatic carbocycles. The highest BCUT2D eigenvalue weighted by atomic mass is 32.1. The van der Waals surface area contributed by atoms with Crippen LogP contribution in [-0.2, 0) is 6.42 Å². The van der Waals surface area contributed by atoms with E-state index in [1.165, 1.54) is 4.88 Å². The lowest BCUT2D eigenvalue weighted by Gasteiger charge is -2.14. The highest BCUT2D eigenvalue weighted by molar-refractivity contribution is 7.16. The van der Waals surface area contributed by atoms with Crippen LogP contribution in [0.5, 0.6) is 0 Å². The molecule has 0 amide bonds. The summed E-state index contributed by atoms with van der Waals surface area (Å²) >= 11 is 3.35. The van der Waals surface area contributed by atoms with Gasteiger partial charge in [0.2, 0.25) is 5.95 Å². The van der Waals surface area contributed by atoms with Crippen LogP contribution in [0.2, 0.25) is 0 Å². The molecule has 1 unspecified atom stereocenters. The van der Waals surface area contributed by atoms with Crippen LogP contribution >= 0.6 is 22.7 Å². The minimum atomic E-state index is 0.302. The van der Waals surface area contributed by atoms with E-state index in [1.807, 2.05) is 11.4 Å². The summed E-state index contributed by atoms with van der Waals surface area (Å²) in [6.45, 7) is 2.15. The normalized spacial score (nSPS) is 12.7. The van der Waals surface area contributed by atoms with Crippen molar-refractivity contribution in [2.45, 2.75) is 19.4 Å². The topological polar surface area (TPSA) is 63.8 Å². The second-order valence-electron chi connectivity index (χ2n) is 4.40. The molecular formula is C13H14N4S2. The molecule has 0 saturated heterocycles. The zero-order chi connectivity index (χ0) is 13.2. The van der Waals surface area contributed by atoms with Crippen molar-refractivity contribution in [1.82, 2.24) is 9.97 Å². The number of nitrogen functional groups attached to an aromatic ring is 1. The van der Waals surface area contributed by atoms with Crippen LogP contribution in [0.15, 0.2) is 29.0 Å². The first kappa shape index (κ1) is 12.4. The molecule has 0 bridgehead atoms. The summed E-state index contributed by atoms with van der Waals surface area (Å²) in [6.07, 6.45) is 0.979. The predicted molar refractivity (Wildman–Crippen MR) is 82.9 cm³/mol. The van der Waals surface area contributed by atoms with Gasteiger partial charge in [0.1, 0.15) is 10.6 Å². The first-order chi connectivity index (χ1) is 9.22. The van der Waals surface area contributed by atoms with Crippen molar-refractivity contribution < 1.29 is 0 Å². The molecule has 3 rings (SSSR count). The second kappa shape index (κ2) is 5.14. The number of nitrogens with two attached hydrogens (primary N) is 1. The zero-order valence-corrected chi connectivity index (χ0v) is 12.1. The summed E-state index contributed by atoms with van der Waals surface area (Å²) in [7, 11) is 0. The molecule has 6 heteroatoms. The Kier molecular flexibility index (Phi) is 3.35. The maximum absolute atomic E-state index is 5.74. The van der Waals surface area contributed by atoms with Gasteiger partial charge in [0.15, 0.2) is 0 Å². The van der Waals surface area contributed by atoms with Crippen molar-refractivity contribution in [3.8, 4) is 0 Å². The summed E-state index contributed by atoms with van der Waals surface area (Å²) < 4.78 is 0. The zero-order valence-electron chi connectivity index (χ0n) is 10.5. The Balaban J connectivity index is 1.82. The standard InChI is InChI=1S/C13H14N4S2/c1-8(7-9-3-2-5-18-9)15-11-10-4-6-19-12(10)17-13(14)16-11/h2-6,8H,7H2,1H3,(H3,14,15,16,17). The lowest BCUT2D eigenvalue weighted by atomic mass is 10.2. The quantitative estimate of drug-likeness (QED) is 0.773. The van der Waals surface area contributed by atoms with E-state index < -0.39 is 0 Å². The Morgan fingerprint density at radius 3 is 2.95 bits per heavy atom. The van der Waals surface area contributed by atoms with Gasteiger partial charge in [-0.2, -0.15) is 4.98 Å². The van der Waals surface area contributed by atoms with Crippen LogP contribution < -0.4 is 11.1 Å². The maximum atomic E-state index is 5.74. The summed E-state index contributed by atoms with van der Waals surface area (Å²) in [5.41, 5.74) is 5.74. The average Bonchev–Trinajstić information content (AvgIpc) is 2.99. The van der Waals surface area contributed by atoms with E-state index in [-0.39, 0.29) is 0 Å². The third kappa shape index (κ3) is 2.69. The average molecular weight is 290 g/mol. The van der Waals surface area contributed by atoms with Crippen LogP contribution in [0.4, 0.5) is 11.8 Å². The number of hydrogen-bond acceptors (Lipinski definition) is 6. The Morgan fingerprint density at radius 1 is 1.26 bits per heavy atom. The summed E-state index contributed by atoms with van der Waals surface area (Å²) in [5, 5.41) is 8.58. The van der Waals surface area contributed by atoms with Gasteiger partial charge in [0.05, 0.1) is 5.39 Å². The van der Waals surface area contributed by atoms with Crippen LogP contribution in [0, 0.1) is 0 Å². The van der Waals surface area contributed by atoms with Gasteiger partial charge < -0.3 is 11.1 Å². The molecule has 19 heavy (non-hydrogen) atoms. The van der Waals surface area contributed by atoms with Gasteiger partial charge in [-0.3, -0.25) is 0 Å². The van der Waals surface area contributed by atoms with Gasteiger partial charge in [-0.15, -0.1) is 22.7 Å². The fourth-order valence-electron chi connectivity index (χ4n) is 2.00. The molecule has 4 nitrogen and oxygen atoms in total. The van der Waals surface area contributed by atoms with Gasteiger partial charge in [-0.05, 0) is 29.8 Å². The molecule has 3 heterocycles. The van der Waals surface area contributed by atoms with E-state index in [2.05, 4.69) is 39.7 Å². The fourth-order valence-corrected chi connectivity index (χ4v) is 3.60. The first-order valence-electron chi connectivity index (χ1n) is 6.02. The molecule has 0 aliphatic heterocycles. The van der Waals surface area contributed by atoms with Gasteiger partial charge in [0.25, 0.3) is 0 Å². The number of rotatable bonds is 4. The van der Waals surface area contributed by atoms with Crippen molar-refractivity contribution in [3.05, 3.63) is 33.8 Å². The number of fused-ring (bicyclic) bond motifs is 1. The minimum Gasteiger partial charge on any atom is -0.368 e. The van der Waals surface area contributed by atoms with Gasteiger partial charge in [-0.1, -0.05) is 6.07 Å². The molecule has 0 fully saturated rings. The molecule has 3 aromatic rings. The SMILES string of the molecule is CC(Cc1cccs1)Nc1nc(N)nc2sccc12. The van der Waals surface area contributed by atoms with Crippen LogP contribution in [0.25, 0.3) is 10.2 Å². The highest BCUT2D eigenvalue weighted by Gasteiger charge is 2.11. The van der Waals surface area contributed by atoms with Crippen molar-refractivity contribution in [2.24, 2.45) is 0 Å². The van der Waals surface area contributed by atoms with Crippen molar-refractivity contribution in [3.63, 3.8) is 0 Å². The molecule has 98 valence electrons. The third-order valence-electron chi connectivity index (χ3n) is 2.81. The number of nitrogens with zero attached hydrogens (tertiary/aromatic N) is 2. The molecule has 0 aliphatic rings. The van der Waals surface area contributed by atoms with E-state index in [0.29, 0.717) is 12.0 Å². The van der Waals surface area contributed by atoms with Crippen molar-refractivity contribution in [2.75, 3.05) is 11.1 Å². The number of hydrogen-bond donors (Lipinski definition) is 2. The number of aromatic nitrogens is 2. The monoisotopic (exact) mass is 290 g/mol. The number of anilines is 2. The third-order valence-corrected chi connectivity index (χ3v) is 4.52. The molecule has 0 spiro atoms. The summed E-state index contributed by atoms with van der Waals surface area (Å²) in [5.74, 6) is 1.15. The van der Waals surface area contributed by atoms with Gasteiger partial charge in [-0.25, -0.2) is 4.98 Å². The lowest BCUT2D eigenvalue weighted by Crippen LogP contribution is -2.19. The maximum Gasteiger partial charge on any atom is 0.223 e. The van der Waals surface area contributed by atoms with Crippen molar-refractivity contribution >= 4 is 44.7 Å². The van der Waals surface area contributed by atoms with E-state index in [9.17, 15) is 0 Å². The number of thiophene rings is 2. The molecular weight excluding hydrogens is 276 g/mol. The van der Waals surface area contributed by atoms with Crippen LogP contribution in [-0.4, -0.2) is 16.0 Å². The van der Waals surface area contributed by atoms with Gasteiger partial charge in [0, 0.05) is 17.3 Å². The van der Waals surface area contributed by atoms with Crippen molar-refractivity contribution in [1.29, 1.82) is 0 Å². The Bertz CT molecular complexity index is 675. The second-order valence-corrected chi connectivity index (χ2v) is 6.33. The summed E-state index contributed by atoms with van der Waals surface area (Å²) in [4.78, 5) is 10.8. The van der Waals surface area contributed by atoms with E-state index in [4.69, 9.17) is 5.73 Å². The lowest BCUT2D eigenvalue weighted by molar-refractivity contribution is 0.796. The minimum absolute atomic E-state index is 0.302. The fraction of sp³-hybridized carbons (Fsp3) is 0.231. The smallest absolute Gasteiger partial charge is 0.223 e. The van der Waals surface area contributed by atoms with Crippen LogP contribution in [0.3, 0.4) is 0 Å². The first-order valence-corrected chi connectivity index (χ1v) is 7.78. The largest absolute Gasteiger partial charge is 0.368 e. The van der Waals surface area contributed by atoms with Gasteiger partial charge >= 0.3 is 0 Å². The Hall–Kier alpha value is -1.66. The predicted octanol–water partition coefficient (Wildman–Crippen LogP) is 3.38. The van der Waals surface area contributed by atoms with E-state index in [1.54, 1.807) is 22.7 Å². The molecule has 3 aromatic heterocycles. The highest BCUT2D eigenvalue weighted by Crippen LogP contribution is 2.26. The Morgan fingerprint density at radius 2 is 2.16 bits per heavy atom. The molecule has 1 atom stereocenters. The molecule has 0 saturated carbocycles. The molecule has 0 aromatic carbocycles. The van der Waals surface area contributed by atoms with E-state index in [0.717, 1.165) is 22.5 Å².